The van der Waals surface area contributed by atoms with E-state index in [0.717, 1.165) is 17.9 Å². The number of amides is 2. The molecule has 8 heteroatoms. The molecule has 23 heavy (non-hydrogen) atoms. The van der Waals surface area contributed by atoms with Gasteiger partial charge in [0.1, 0.15) is 0 Å². The normalized spacial score (nSPS) is 13.6. The highest BCUT2D eigenvalue weighted by Crippen LogP contribution is 2.12. The van der Waals surface area contributed by atoms with Crippen LogP contribution in [-0.4, -0.2) is 59.7 Å². The second kappa shape index (κ2) is 12.7. The SMILES string of the molecule is CNC(CSCCCSCC(NC(C)=O)C(=O)C(C)C)C(N)=O. The summed E-state index contributed by atoms with van der Waals surface area (Å²) in [5, 5.41) is 5.61. The number of nitrogens with one attached hydrogen (secondary N) is 2. The number of hydrogen-bond donors (Lipinski definition) is 3. The molecule has 0 saturated heterocycles. The van der Waals surface area contributed by atoms with E-state index in [4.69, 9.17) is 5.73 Å². The van der Waals surface area contributed by atoms with Crippen molar-refractivity contribution < 1.29 is 14.4 Å². The maximum Gasteiger partial charge on any atom is 0.235 e. The van der Waals surface area contributed by atoms with Gasteiger partial charge in [0.15, 0.2) is 5.78 Å². The molecule has 2 amide bonds. The molecule has 0 heterocycles. The first kappa shape index (κ1) is 22.3. The standard InChI is InChI=1S/C15H29N3O3S2/c1-10(2)14(20)12(18-11(3)19)8-22-6-5-7-23-9-13(17-4)15(16)21/h10,12-13,17H,5-9H2,1-4H3,(H2,16,21)(H,18,19). The first-order chi connectivity index (χ1) is 10.8. The van der Waals surface area contributed by atoms with E-state index in [9.17, 15) is 14.4 Å². The summed E-state index contributed by atoms with van der Waals surface area (Å²) in [4.78, 5) is 34.3. The monoisotopic (exact) mass is 363 g/mol. The topological polar surface area (TPSA) is 101 Å². The third-order valence-electron chi connectivity index (χ3n) is 3.13. The molecule has 0 aromatic rings. The lowest BCUT2D eigenvalue weighted by atomic mass is 10.0. The van der Waals surface area contributed by atoms with Crippen molar-refractivity contribution in [2.24, 2.45) is 11.7 Å². The van der Waals surface area contributed by atoms with Gasteiger partial charge in [-0.3, -0.25) is 14.4 Å². The Morgan fingerprint density at radius 3 is 1.96 bits per heavy atom. The lowest BCUT2D eigenvalue weighted by Crippen LogP contribution is -2.43. The molecule has 0 rings (SSSR count). The van der Waals surface area contributed by atoms with Gasteiger partial charge in [0.2, 0.25) is 11.8 Å². The summed E-state index contributed by atoms with van der Waals surface area (Å²) < 4.78 is 0. The molecule has 2 atom stereocenters. The van der Waals surface area contributed by atoms with Crippen LogP contribution in [0, 0.1) is 5.92 Å². The molecule has 2 unspecified atom stereocenters. The zero-order chi connectivity index (χ0) is 17.8. The highest BCUT2D eigenvalue weighted by molar-refractivity contribution is 8.00. The molecule has 0 bridgehead atoms. The Morgan fingerprint density at radius 1 is 1.04 bits per heavy atom. The average molecular weight is 364 g/mol. The molecule has 0 aromatic carbocycles. The van der Waals surface area contributed by atoms with Crippen LogP contribution < -0.4 is 16.4 Å². The molecule has 6 nitrogen and oxygen atoms in total. The average Bonchev–Trinajstić information content (AvgIpc) is 2.47. The highest BCUT2D eigenvalue weighted by atomic mass is 32.2. The van der Waals surface area contributed by atoms with Crippen LogP contribution >= 0.6 is 23.5 Å². The molecule has 0 aliphatic rings. The van der Waals surface area contributed by atoms with Gasteiger partial charge < -0.3 is 16.4 Å². The fourth-order valence-electron chi connectivity index (χ4n) is 1.82. The number of Topliss-reactive ketones (excluding diaryl/α,β-unsaturated/α-hetero) is 1. The van der Waals surface area contributed by atoms with Crippen LogP contribution in [0.2, 0.25) is 0 Å². The zero-order valence-electron chi connectivity index (χ0n) is 14.4. The number of hydrogen-bond acceptors (Lipinski definition) is 6. The number of likely N-dealkylation sites (N-methyl/N-ethyl adjacent to an activating group) is 1. The minimum absolute atomic E-state index is 0.0698. The maximum absolute atomic E-state index is 12.0. The number of ketones is 1. The van der Waals surface area contributed by atoms with Crippen molar-refractivity contribution in [3.8, 4) is 0 Å². The van der Waals surface area contributed by atoms with Gasteiger partial charge in [-0.15, -0.1) is 0 Å². The van der Waals surface area contributed by atoms with E-state index in [0.29, 0.717) is 11.5 Å². The fraction of sp³-hybridized carbons (Fsp3) is 0.800. The summed E-state index contributed by atoms with van der Waals surface area (Å²) in [6, 6.07) is -0.700. The summed E-state index contributed by atoms with van der Waals surface area (Å²) in [7, 11) is 1.72. The molecule has 0 aliphatic heterocycles. The molecular weight excluding hydrogens is 334 g/mol. The van der Waals surface area contributed by atoms with Gasteiger partial charge in [0.25, 0.3) is 0 Å². The number of nitrogens with two attached hydrogens (primary N) is 1. The lowest BCUT2D eigenvalue weighted by Gasteiger charge is -2.18. The molecule has 0 saturated carbocycles. The van der Waals surface area contributed by atoms with Crippen LogP contribution in [0.4, 0.5) is 0 Å². The van der Waals surface area contributed by atoms with Crippen LogP contribution in [0.3, 0.4) is 0 Å². The van der Waals surface area contributed by atoms with Crippen molar-refractivity contribution >= 4 is 41.1 Å². The summed E-state index contributed by atoms with van der Waals surface area (Å²) in [6.07, 6.45) is 0.979. The van der Waals surface area contributed by atoms with Crippen molar-refractivity contribution in [1.82, 2.24) is 10.6 Å². The summed E-state index contributed by atoms with van der Waals surface area (Å²) >= 11 is 3.35. The third-order valence-corrected chi connectivity index (χ3v) is 5.42. The van der Waals surface area contributed by atoms with Gasteiger partial charge in [-0.05, 0) is 25.0 Å². The third kappa shape index (κ3) is 10.6. The largest absolute Gasteiger partial charge is 0.368 e. The Labute approximate surface area is 147 Å². The molecule has 0 fully saturated rings. The second-order valence-electron chi connectivity index (χ2n) is 5.56. The molecule has 134 valence electrons. The Bertz CT molecular complexity index is 392. The fourth-order valence-corrected chi connectivity index (χ4v) is 4.08. The number of primary amides is 1. The van der Waals surface area contributed by atoms with Gasteiger partial charge in [-0.25, -0.2) is 0 Å². The van der Waals surface area contributed by atoms with E-state index in [1.807, 2.05) is 13.8 Å². The van der Waals surface area contributed by atoms with Crippen molar-refractivity contribution in [3.05, 3.63) is 0 Å². The van der Waals surface area contributed by atoms with E-state index >= 15 is 0 Å². The quantitative estimate of drug-likeness (QED) is 0.415. The summed E-state index contributed by atoms with van der Waals surface area (Å²) in [5.41, 5.74) is 5.25. The second-order valence-corrected chi connectivity index (χ2v) is 7.86. The van der Waals surface area contributed by atoms with Gasteiger partial charge in [0, 0.05) is 24.3 Å². The Morgan fingerprint density at radius 2 is 1.57 bits per heavy atom. The van der Waals surface area contributed by atoms with Gasteiger partial charge in [-0.2, -0.15) is 23.5 Å². The molecule has 0 radical (unpaired) electrons. The van der Waals surface area contributed by atoms with Crippen molar-refractivity contribution in [3.63, 3.8) is 0 Å². The van der Waals surface area contributed by atoms with Crippen molar-refractivity contribution in [2.75, 3.05) is 30.1 Å². The minimum Gasteiger partial charge on any atom is -0.368 e. The molecule has 4 N–H and O–H groups in total. The van der Waals surface area contributed by atoms with E-state index in [1.165, 1.54) is 6.92 Å². The van der Waals surface area contributed by atoms with E-state index < -0.39 is 6.04 Å². The number of thioether (sulfide) groups is 2. The lowest BCUT2D eigenvalue weighted by molar-refractivity contribution is -0.128. The maximum atomic E-state index is 12.0. The van der Waals surface area contributed by atoms with E-state index in [2.05, 4.69) is 10.6 Å². The molecule has 0 aromatic heterocycles. The van der Waals surface area contributed by atoms with Crippen molar-refractivity contribution in [1.29, 1.82) is 0 Å². The van der Waals surface area contributed by atoms with Gasteiger partial charge in [0.05, 0.1) is 12.1 Å². The van der Waals surface area contributed by atoms with Gasteiger partial charge >= 0.3 is 0 Å². The first-order valence-corrected chi connectivity index (χ1v) is 10.0. The predicted molar refractivity (Wildman–Crippen MR) is 98.8 cm³/mol. The van der Waals surface area contributed by atoms with Crippen molar-refractivity contribution in [2.45, 2.75) is 39.3 Å². The predicted octanol–water partition coefficient (Wildman–Crippen LogP) is 0.646. The summed E-state index contributed by atoms with van der Waals surface area (Å²) in [6.45, 7) is 5.11. The number of carbonyl (C=O) groups is 3. The van der Waals surface area contributed by atoms with Crippen LogP contribution in [0.15, 0.2) is 0 Å². The molecule has 0 spiro atoms. The Balaban J connectivity index is 3.92. The zero-order valence-corrected chi connectivity index (χ0v) is 16.0. The Hall–Kier alpha value is -0.730. The Kier molecular flexibility index (Phi) is 12.3. The first-order valence-electron chi connectivity index (χ1n) is 7.72. The number of carbonyl (C=O) groups excluding carboxylic acids is 3. The molecular formula is C15H29N3O3S2. The van der Waals surface area contributed by atoms with Crippen LogP contribution in [0.5, 0.6) is 0 Å². The highest BCUT2D eigenvalue weighted by Gasteiger charge is 2.21. The minimum atomic E-state index is -0.409. The van der Waals surface area contributed by atoms with Crippen LogP contribution in [-0.2, 0) is 14.4 Å². The smallest absolute Gasteiger partial charge is 0.235 e. The summed E-state index contributed by atoms with van der Waals surface area (Å²) in [5.74, 6) is 2.58. The van der Waals surface area contributed by atoms with Gasteiger partial charge in [-0.1, -0.05) is 13.8 Å². The van der Waals surface area contributed by atoms with E-state index in [-0.39, 0.29) is 29.6 Å². The van der Waals surface area contributed by atoms with Crippen LogP contribution in [0.25, 0.3) is 0 Å². The number of rotatable bonds is 13. The van der Waals surface area contributed by atoms with E-state index in [1.54, 1.807) is 30.6 Å². The molecule has 0 aliphatic carbocycles. The van der Waals surface area contributed by atoms with Crippen LogP contribution in [0.1, 0.15) is 27.2 Å².